The number of aryl methyl sites for hydroxylation is 2. The average Bonchev–Trinajstić information content (AvgIpc) is 2.46. The van der Waals surface area contributed by atoms with E-state index in [-0.39, 0.29) is 0 Å². The standard InChI is InChI=1S/C15H15N3/c1-3-11-5-12(9-16)7-13(6-11)15-8-14(4-2)17-10-18-15/h5-8,10H,3-4H2,1-2H3. The van der Waals surface area contributed by atoms with E-state index in [2.05, 4.69) is 36.0 Å². The van der Waals surface area contributed by atoms with Crippen molar-refractivity contribution in [2.75, 3.05) is 0 Å². The zero-order valence-electron chi connectivity index (χ0n) is 10.6. The first-order chi connectivity index (χ1) is 8.76. The molecule has 0 saturated carbocycles. The van der Waals surface area contributed by atoms with Crippen LogP contribution >= 0.6 is 0 Å². The molecule has 0 N–H and O–H groups in total. The Balaban J connectivity index is 2.52. The highest BCUT2D eigenvalue weighted by molar-refractivity contribution is 5.62. The van der Waals surface area contributed by atoms with Crippen LogP contribution in [0, 0.1) is 11.3 Å². The smallest absolute Gasteiger partial charge is 0.116 e. The summed E-state index contributed by atoms with van der Waals surface area (Å²) in [6.45, 7) is 4.15. The Morgan fingerprint density at radius 3 is 2.56 bits per heavy atom. The molecular formula is C15H15N3. The van der Waals surface area contributed by atoms with Crippen LogP contribution in [-0.2, 0) is 12.8 Å². The maximum absolute atomic E-state index is 9.05. The minimum absolute atomic E-state index is 0.681. The van der Waals surface area contributed by atoms with Gasteiger partial charge in [0.2, 0.25) is 0 Å². The fourth-order valence-corrected chi connectivity index (χ4v) is 1.86. The second-order valence-electron chi connectivity index (χ2n) is 4.13. The van der Waals surface area contributed by atoms with Gasteiger partial charge in [-0.05, 0) is 42.7 Å². The van der Waals surface area contributed by atoms with Crippen molar-refractivity contribution >= 4 is 0 Å². The molecule has 2 rings (SSSR count). The van der Waals surface area contributed by atoms with Gasteiger partial charge < -0.3 is 0 Å². The highest BCUT2D eigenvalue weighted by Gasteiger charge is 2.05. The lowest BCUT2D eigenvalue weighted by molar-refractivity contribution is 1.00. The van der Waals surface area contributed by atoms with Crippen LogP contribution in [0.5, 0.6) is 0 Å². The largest absolute Gasteiger partial charge is 0.241 e. The maximum atomic E-state index is 9.05. The molecule has 3 nitrogen and oxygen atoms in total. The molecule has 0 aliphatic rings. The Morgan fingerprint density at radius 1 is 1.06 bits per heavy atom. The molecule has 0 aliphatic heterocycles. The van der Waals surface area contributed by atoms with Crippen LogP contribution in [0.15, 0.2) is 30.6 Å². The van der Waals surface area contributed by atoms with E-state index in [1.165, 1.54) is 0 Å². The van der Waals surface area contributed by atoms with Crippen molar-refractivity contribution in [1.82, 2.24) is 9.97 Å². The van der Waals surface area contributed by atoms with Gasteiger partial charge in [-0.3, -0.25) is 0 Å². The third-order valence-electron chi connectivity index (χ3n) is 2.91. The maximum Gasteiger partial charge on any atom is 0.116 e. The second kappa shape index (κ2) is 5.42. The van der Waals surface area contributed by atoms with Crippen molar-refractivity contribution in [2.24, 2.45) is 0 Å². The minimum atomic E-state index is 0.681. The first-order valence-electron chi connectivity index (χ1n) is 6.12. The third kappa shape index (κ3) is 2.54. The molecule has 0 amide bonds. The zero-order chi connectivity index (χ0) is 13.0. The molecule has 1 aromatic heterocycles. The summed E-state index contributed by atoms with van der Waals surface area (Å²) in [6, 6.07) is 10.1. The van der Waals surface area contributed by atoms with Crippen LogP contribution in [0.25, 0.3) is 11.3 Å². The molecule has 1 aromatic carbocycles. The Hall–Kier alpha value is -2.21. The van der Waals surface area contributed by atoms with Crippen LogP contribution < -0.4 is 0 Å². The van der Waals surface area contributed by atoms with E-state index in [1.807, 2.05) is 18.2 Å². The predicted octanol–water partition coefficient (Wildman–Crippen LogP) is 3.14. The second-order valence-corrected chi connectivity index (χ2v) is 4.13. The van der Waals surface area contributed by atoms with Gasteiger partial charge in [0.05, 0.1) is 17.3 Å². The Bertz CT molecular complexity index is 597. The average molecular weight is 237 g/mol. The van der Waals surface area contributed by atoms with Gasteiger partial charge in [0, 0.05) is 11.3 Å². The monoisotopic (exact) mass is 237 g/mol. The van der Waals surface area contributed by atoms with E-state index in [4.69, 9.17) is 5.26 Å². The van der Waals surface area contributed by atoms with Crippen molar-refractivity contribution in [3.63, 3.8) is 0 Å². The molecular weight excluding hydrogens is 222 g/mol. The van der Waals surface area contributed by atoms with Gasteiger partial charge >= 0.3 is 0 Å². The fourth-order valence-electron chi connectivity index (χ4n) is 1.86. The molecule has 2 aromatic rings. The van der Waals surface area contributed by atoms with Crippen molar-refractivity contribution in [3.05, 3.63) is 47.4 Å². The molecule has 0 spiro atoms. The van der Waals surface area contributed by atoms with E-state index >= 15 is 0 Å². The van der Waals surface area contributed by atoms with Crippen molar-refractivity contribution in [3.8, 4) is 17.3 Å². The van der Waals surface area contributed by atoms with E-state index in [0.29, 0.717) is 5.56 Å². The Kier molecular flexibility index (Phi) is 3.69. The zero-order valence-corrected chi connectivity index (χ0v) is 10.6. The lowest BCUT2D eigenvalue weighted by Crippen LogP contribution is -1.93. The number of aromatic nitrogens is 2. The summed E-state index contributed by atoms with van der Waals surface area (Å²) >= 11 is 0. The quantitative estimate of drug-likeness (QED) is 0.824. The first kappa shape index (κ1) is 12.3. The molecule has 0 fully saturated rings. The van der Waals surface area contributed by atoms with Crippen LogP contribution in [-0.4, -0.2) is 9.97 Å². The van der Waals surface area contributed by atoms with Gasteiger partial charge in [0.15, 0.2) is 0 Å². The lowest BCUT2D eigenvalue weighted by atomic mass is 10.0. The van der Waals surface area contributed by atoms with Gasteiger partial charge in [0.1, 0.15) is 6.33 Å². The number of rotatable bonds is 3. The summed E-state index contributed by atoms with van der Waals surface area (Å²) in [5, 5.41) is 9.05. The molecule has 0 bridgehead atoms. The highest BCUT2D eigenvalue weighted by Crippen LogP contribution is 2.21. The third-order valence-corrected chi connectivity index (χ3v) is 2.91. The van der Waals surface area contributed by atoms with E-state index in [1.54, 1.807) is 6.33 Å². The lowest BCUT2D eigenvalue weighted by Gasteiger charge is -2.05. The van der Waals surface area contributed by atoms with Crippen molar-refractivity contribution in [2.45, 2.75) is 26.7 Å². The van der Waals surface area contributed by atoms with Crippen molar-refractivity contribution in [1.29, 1.82) is 5.26 Å². The van der Waals surface area contributed by atoms with Gasteiger partial charge in [-0.15, -0.1) is 0 Å². The number of nitriles is 1. The summed E-state index contributed by atoms with van der Waals surface area (Å²) in [4.78, 5) is 8.48. The predicted molar refractivity (Wildman–Crippen MR) is 70.9 cm³/mol. The van der Waals surface area contributed by atoms with Crippen LogP contribution in [0.3, 0.4) is 0 Å². The summed E-state index contributed by atoms with van der Waals surface area (Å²) < 4.78 is 0. The van der Waals surface area contributed by atoms with Crippen LogP contribution in [0.2, 0.25) is 0 Å². The van der Waals surface area contributed by atoms with E-state index < -0.39 is 0 Å². The number of hydrogen-bond donors (Lipinski definition) is 0. The van der Waals surface area contributed by atoms with Gasteiger partial charge in [0.25, 0.3) is 0 Å². The van der Waals surface area contributed by atoms with Crippen LogP contribution in [0.1, 0.15) is 30.7 Å². The molecule has 0 saturated heterocycles. The topological polar surface area (TPSA) is 49.6 Å². The Morgan fingerprint density at radius 2 is 1.89 bits per heavy atom. The van der Waals surface area contributed by atoms with Crippen LogP contribution in [0.4, 0.5) is 0 Å². The molecule has 0 aliphatic carbocycles. The molecule has 1 heterocycles. The minimum Gasteiger partial charge on any atom is -0.241 e. The van der Waals surface area contributed by atoms with Crippen molar-refractivity contribution < 1.29 is 0 Å². The molecule has 0 radical (unpaired) electrons. The Labute approximate surface area is 107 Å². The fraction of sp³-hybridized carbons (Fsp3) is 0.267. The number of benzene rings is 1. The van der Waals surface area contributed by atoms with Gasteiger partial charge in [-0.1, -0.05) is 13.8 Å². The summed E-state index contributed by atoms with van der Waals surface area (Å²) in [5.41, 5.74) is 4.72. The van der Waals surface area contributed by atoms with Gasteiger partial charge in [-0.25, -0.2) is 9.97 Å². The summed E-state index contributed by atoms with van der Waals surface area (Å²) in [5.74, 6) is 0. The molecule has 18 heavy (non-hydrogen) atoms. The molecule has 90 valence electrons. The highest BCUT2D eigenvalue weighted by atomic mass is 14.8. The number of nitrogens with zero attached hydrogens (tertiary/aromatic N) is 3. The number of hydrogen-bond acceptors (Lipinski definition) is 3. The molecule has 0 atom stereocenters. The van der Waals surface area contributed by atoms with E-state index in [9.17, 15) is 0 Å². The summed E-state index contributed by atoms with van der Waals surface area (Å²) in [7, 11) is 0. The SMILES string of the molecule is CCc1cc(C#N)cc(-c2cc(CC)ncn2)c1. The first-order valence-corrected chi connectivity index (χ1v) is 6.12. The molecule has 3 heteroatoms. The molecule has 0 unspecified atom stereocenters. The normalized spacial score (nSPS) is 10.1. The van der Waals surface area contributed by atoms with E-state index in [0.717, 1.165) is 35.4 Å². The summed E-state index contributed by atoms with van der Waals surface area (Å²) in [6.07, 6.45) is 3.38. The van der Waals surface area contributed by atoms with Gasteiger partial charge in [-0.2, -0.15) is 5.26 Å².